The number of methoxy groups -OCH3 is 1. The molecule has 0 unspecified atom stereocenters. The highest BCUT2D eigenvalue weighted by atomic mass is 32.2. The number of nitrogens with zero attached hydrogens (tertiary/aromatic N) is 3. The highest BCUT2D eigenvalue weighted by Gasteiger charge is 2.16. The Balaban J connectivity index is 1.86. The van der Waals surface area contributed by atoms with E-state index in [9.17, 15) is 0 Å². The van der Waals surface area contributed by atoms with E-state index in [-0.39, 0.29) is 0 Å². The maximum absolute atomic E-state index is 5.22. The summed E-state index contributed by atoms with van der Waals surface area (Å²) < 4.78 is 7.38. The summed E-state index contributed by atoms with van der Waals surface area (Å²) in [6.45, 7) is 5.15. The van der Waals surface area contributed by atoms with E-state index in [4.69, 9.17) is 4.74 Å². The monoisotopic (exact) mass is 339 g/mol. The van der Waals surface area contributed by atoms with E-state index in [1.54, 1.807) is 18.9 Å². The largest absolute Gasteiger partial charge is 0.497 e. The fourth-order valence-electron chi connectivity index (χ4n) is 2.56. The van der Waals surface area contributed by atoms with E-state index in [0.29, 0.717) is 5.25 Å². The lowest BCUT2D eigenvalue weighted by atomic mass is 10.2. The fraction of sp³-hybridized carbons (Fsp3) is 0.263. The molecule has 0 saturated carbocycles. The highest BCUT2D eigenvalue weighted by Crippen LogP contribution is 2.35. The summed E-state index contributed by atoms with van der Waals surface area (Å²) in [4.78, 5) is 0. The van der Waals surface area contributed by atoms with Gasteiger partial charge in [-0.3, -0.25) is 0 Å². The molecule has 3 rings (SSSR count). The zero-order chi connectivity index (χ0) is 16.9. The van der Waals surface area contributed by atoms with Crippen molar-refractivity contribution in [3.05, 3.63) is 60.2 Å². The van der Waals surface area contributed by atoms with Crippen LogP contribution in [0.3, 0.4) is 0 Å². The van der Waals surface area contributed by atoms with Gasteiger partial charge in [-0.15, -0.1) is 10.2 Å². The van der Waals surface area contributed by atoms with Crippen LogP contribution in [0, 0.1) is 0 Å². The van der Waals surface area contributed by atoms with Crippen LogP contribution in [0.25, 0.3) is 11.4 Å². The van der Waals surface area contributed by atoms with Crippen LogP contribution in [0.15, 0.2) is 59.8 Å². The molecule has 0 aliphatic carbocycles. The summed E-state index contributed by atoms with van der Waals surface area (Å²) in [7, 11) is 1.67. The molecule has 5 heteroatoms. The Hall–Kier alpha value is -2.27. The van der Waals surface area contributed by atoms with Crippen molar-refractivity contribution < 1.29 is 4.74 Å². The van der Waals surface area contributed by atoms with Crippen LogP contribution in [-0.2, 0) is 6.54 Å². The first kappa shape index (κ1) is 16.6. The van der Waals surface area contributed by atoms with Crippen molar-refractivity contribution >= 4 is 11.8 Å². The van der Waals surface area contributed by atoms with Crippen molar-refractivity contribution in [2.24, 2.45) is 0 Å². The van der Waals surface area contributed by atoms with E-state index < -0.39 is 0 Å². The zero-order valence-electron chi connectivity index (χ0n) is 14.1. The second kappa shape index (κ2) is 7.53. The van der Waals surface area contributed by atoms with Gasteiger partial charge in [0.15, 0.2) is 11.0 Å². The molecule has 0 fully saturated rings. The van der Waals surface area contributed by atoms with E-state index in [1.165, 1.54) is 5.56 Å². The van der Waals surface area contributed by atoms with E-state index in [1.807, 2.05) is 30.3 Å². The smallest absolute Gasteiger partial charge is 0.192 e. The van der Waals surface area contributed by atoms with Crippen LogP contribution in [0.2, 0.25) is 0 Å². The minimum Gasteiger partial charge on any atom is -0.497 e. The number of ether oxygens (including phenoxy) is 1. The summed E-state index contributed by atoms with van der Waals surface area (Å²) in [5.41, 5.74) is 2.34. The first-order valence-corrected chi connectivity index (χ1v) is 8.90. The second-order valence-electron chi connectivity index (χ2n) is 5.45. The van der Waals surface area contributed by atoms with Crippen molar-refractivity contribution in [2.45, 2.75) is 30.8 Å². The SMILES string of the molecule is CCn1c(S[C@H](C)c2ccccc2)nnc1-c1ccc(OC)cc1. The Morgan fingerprint density at radius 3 is 2.38 bits per heavy atom. The molecule has 0 spiro atoms. The molecule has 0 saturated heterocycles. The van der Waals surface area contributed by atoms with Gasteiger partial charge in [-0.2, -0.15) is 0 Å². The zero-order valence-corrected chi connectivity index (χ0v) is 15.0. The van der Waals surface area contributed by atoms with Gasteiger partial charge in [0, 0.05) is 17.4 Å². The standard InChI is InChI=1S/C19H21N3OS/c1-4-22-18(16-10-12-17(23-3)13-11-16)20-21-19(22)24-14(2)15-8-6-5-7-9-15/h5-14H,4H2,1-3H3/t14-/m1/s1. The van der Waals surface area contributed by atoms with Crippen LogP contribution in [0.1, 0.15) is 24.7 Å². The number of benzene rings is 2. The minimum atomic E-state index is 0.324. The summed E-state index contributed by atoms with van der Waals surface area (Å²) in [6.07, 6.45) is 0. The van der Waals surface area contributed by atoms with Gasteiger partial charge in [0.1, 0.15) is 5.75 Å². The van der Waals surface area contributed by atoms with E-state index >= 15 is 0 Å². The predicted molar refractivity (Wildman–Crippen MR) is 98.4 cm³/mol. The number of hydrogen-bond acceptors (Lipinski definition) is 4. The van der Waals surface area contributed by atoms with Crippen molar-refractivity contribution in [2.75, 3.05) is 7.11 Å². The lowest BCUT2D eigenvalue weighted by Crippen LogP contribution is -2.01. The molecule has 0 amide bonds. The average Bonchev–Trinajstić information content (AvgIpc) is 3.05. The number of aromatic nitrogens is 3. The van der Waals surface area contributed by atoms with Crippen molar-refractivity contribution in [3.63, 3.8) is 0 Å². The van der Waals surface area contributed by atoms with Crippen LogP contribution in [0.4, 0.5) is 0 Å². The third-order valence-corrected chi connectivity index (χ3v) is 5.07. The Kier molecular flexibility index (Phi) is 5.20. The van der Waals surface area contributed by atoms with Gasteiger partial charge in [0.25, 0.3) is 0 Å². The first-order chi connectivity index (χ1) is 11.7. The molecule has 4 nitrogen and oxygen atoms in total. The summed E-state index contributed by atoms with van der Waals surface area (Å²) in [6, 6.07) is 18.4. The number of thioether (sulfide) groups is 1. The Labute approximate surface area is 146 Å². The average molecular weight is 339 g/mol. The van der Waals surface area contributed by atoms with Crippen LogP contribution in [-0.4, -0.2) is 21.9 Å². The molecule has 0 aliphatic rings. The number of rotatable bonds is 6. The van der Waals surface area contributed by atoms with Crippen LogP contribution < -0.4 is 4.74 Å². The summed E-state index contributed by atoms with van der Waals surface area (Å²) in [5.74, 6) is 1.73. The molecular weight excluding hydrogens is 318 g/mol. The predicted octanol–water partition coefficient (Wildman–Crippen LogP) is 4.83. The van der Waals surface area contributed by atoms with E-state index in [0.717, 1.165) is 28.8 Å². The lowest BCUT2D eigenvalue weighted by molar-refractivity contribution is 0.415. The highest BCUT2D eigenvalue weighted by molar-refractivity contribution is 7.99. The van der Waals surface area contributed by atoms with Gasteiger partial charge in [-0.1, -0.05) is 42.1 Å². The van der Waals surface area contributed by atoms with Gasteiger partial charge in [-0.25, -0.2) is 0 Å². The van der Waals surface area contributed by atoms with Gasteiger partial charge < -0.3 is 9.30 Å². The lowest BCUT2D eigenvalue weighted by Gasteiger charge is -2.12. The molecule has 1 heterocycles. The maximum atomic E-state index is 5.22. The molecule has 1 atom stereocenters. The van der Waals surface area contributed by atoms with Crippen molar-refractivity contribution in [1.29, 1.82) is 0 Å². The molecule has 0 radical (unpaired) electrons. The molecule has 0 bridgehead atoms. The molecule has 124 valence electrons. The van der Waals surface area contributed by atoms with Gasteiger partial charge in [0.05, 0.1) is 7.11 Å². The third kappa shape index (κ3) is 3.46. The molecule has 1 aromatic heterocycles. The first-order valence-electron chi connectivity index (χ1n) is 8.02. The molecule has 0 N–H and O–H groups in total. The normalized spacial score (nSPS) is 12.1. The molecule has 0 aliphatic heterocycles. The second-order valence-corrected chi connectivity index (χ2v) is 6.76. The van der Waals surface area contributed by atoms with E-state index in [2.05, 4.69) is 52.9 Å². The summed E-state index contributed by atoms with van der Waals surface area (Å²) >= 11 is 1.74. The molecular formula is C19H21N3OS. The number of hydrogen-bond donors (Lipinski definition) is 0. The van der Waals surface area contributed by atoms with Crippen molar-refractivity contribution in [3.8, 4) is 17.1 Å². The van der Waals surface area contributed by atoms with Crippen molar-refractivity contribution in [1.82, 2.24) is 14.8 Å². The Bertz CT molecular complexity index is 784. The summed E-state index contributed by atoms with van der Waals surface area (Å²) in [5, 5.41) is 10.1. The molecule has 24 heavy (non-hydrogen) atoms. The van der Waals surface area contributed by atoms with Crippen LogP contribution >= 0.6 is 11.8 Å². The fourth-order valence-corrected chi connectivity index (χ4v) is 3.61. The minimum absolute atomic E-state index is 0.324. The Morgan fingerprint density at radius 2 is 1.75 bits per heavy atom. The maximum Gasteiger partial charge on any atom is 0.192 e. The third-order valence-electron chi connectivity index (χ3n) is 3.93. The van der Waals surface area contributed by atoms with Gasteiger partial charge in [-0.05, 0) is 43.7 Å². The van der Waals surface area contributed by atoms with Gasteiger partial charge in [0.2, 0.25) is 0 Å². The molecule has 3 aromatic rings. The molecule has 2 aromatic carbocycles. The topological polar surface area (TPSA) is 39.9 Å². The van der Waals surface area contributed by atoms with Gasteiger partial charge >= 0.3 is 0 Å². The van der Waals surface area contributed by atoms with Crippen LogP contribution in [0.5, 0.6) is 5.75 Å². The Morgan fingerprint density at radius 1 is 1.04 bits per heavy atom. The quantitative estimate of drug-likeness (QED) is 0.603.